The van der Waals surface area contributed by atoms with Crippen molar-refractivity contribution in [3.8, 4) is 0 Å². The van der Waals surface area contributed by atoms with Crippen LogP contribution in [0.2, 0.25) is 0 Å². The lowest BCUT2D eigenvalue weighted by Crippen LogP contribution is -2.62. The van der Waals surface area contributed by atoms with Gasteiger partial charge < -0.3 is 25.4 Å². The lowest BCUT2D eigenvalue weighted by atomic mass is 9.46. The second-order valence-corrected chi connectivity index (χ2v) is 12.2. The van der Waals surface area contributed by atoms with E-state index in [0.717, 1.165) is 12.0 Å². The lowest BCUT2D eigenvalue weighted by molar-refractivity contribution is -0.186. The molecule has 0 aromatic rings. The molecule has 10 nitrogen and oxygen atoms in total. The Bertz CT molecular complexity index is 1130. The zero-order chi connectivity index (χ0) is 28.8. The van der Waals surface area contributed by atoms with E-state index in [-0.39, 0.29) is 49.2 Å². The summed E-state index contributed by atoms with van der Waals surface area (Å²) >= 11 is 0. The molecule has 0 saturated heterocycles. The van der Waals surface area contributed by atoms with Gasteiger partial charge in [-0.05, 0) is 62.0 Å². The van der Waals surface area contributed by atoms with Crippen LogP contribution in [0.4, 0.5) is 0 Å². The Morgan fingerprint density at radius 3 is 2.59 bits per heavy atom. The van der Waals surface area contributed by atoms with Gasteiger partial charge in [-0.2, -0.15) is 0 Å². The molecular weight excluding hydrogens is 506 g/mol. The Kier molecular flexibility index (Phi) is 7.93. The van der Waals surface area contributed by atoms with Crippen LogP contribution in [0, 0.1) is 34.5 Å². The highest BCUT2D eigenvalue weighted by Crippen LogP contribution is 2.68. The van der Waals surface area contributed by atoms with Gasteiger partial charge >= 0.3 is 11.9 Å². The molecule has 8 atom stereocenters. The molecule has 0 aromatic carbocycles. The summed E-state index contributed by atoms with van der Waals surface area (Å²) in [5.74, 6) is -3.59. The minimum absolute atomic E-state index is 0.0416. The van der Waals surface area contributed by atoms with Crippen LogP contribution in [0.3, 0.4) is 0 Å². The third kappa shape index (κ3) is 4.97. The maximum atomic E-state index is 13.5. The highest BCUT2D eigenvalue weighted by molar-refractivity contribution is 6.01. The Morgan fingerprint density at radius 2 is 1.90 bits per heavy atom. The molecule has 1 amide bonds. The van der Waals surface area contributed by atoms with Crippen molar-refractivity contribution in [3.05, 3.63) is 23.8 Å². The molecule has 0 aliphatic heterocycles. The third-order valence-corrected chi connectivity index (χ3v) is 10.1. The van der Waals surface area contributed by atoms with Gasteiger partial charge in [0.2, 0.25) is 11.7 Å². The molecule has 4 aliphatic rings. The van der Waals surface area contributed by atoms with Crippen LogP contribution in [0.1, 0.15) is 65.7 Å². The van der Waals surface area contributed by atoms with Gasteiger partial charge in [0.15, 0.2) is 12.4 Å². The van der Waals surface area contributed by atoms with Gasteiger partial charge in [0.05, 0.1) is 6.10 Å². The van der Waals surface area contributed by atoms with Crippen LogP contribution in [-0.2, 0) is 28.7 Å². The molecule has 4 N–H and O–H groups in total. The van der Waals surface area contributed by atoms with Crippen LogP contribution in [0.25, 0.3) is 0 Å². The van der Waals surface area contributed by atoms with Gasteiger partial charge in [-0.1, -0.05) is 32.4 Å². The summed E-state index contributed by atoms with van der Waals surface area (Å²) in [6, 6.07) is 0. The highest BCUT2D eigenvalue weighted by atomic mass is 16.5. The normalized spacial score (nSPS) is 38.6. The summed E-state index contributed by atoms with van der Waals surface area (Å²) in [4.78, 5) is 60.0. The Labute approximate surface area is 227 Å². The molecule has 10 heteroatoms. The van der Waals surface area contributed by atoms with E-state index in [1.807, 2.05) is 19.9 Å². The summed E-state index contributed by atoms with van der Waals surface area (Å²) < 4.78 is 5.11. The molecule has 6 unspecified atom stereocenters. The van der Waals surface area contributed by atoms with Gasteiger partial charge in [-0.15, -0.1) is 0 Å². The number of fused-ring (bicyclic) bond motifs is 5. The molecule has 3 saturated carbocycles. The largest absolute Gasteiger partial charge is 0.481 e. The number of rotatable bonds is 9. The monoisotopic (exact) mass is 545 g/mol. The van der Waals surface area contributed by atoms with E-state index < -0.39 is 65.2 Å². The van der Waals surface area contributed by atoms with E-state index in [4.69, 9.17) is 9.84 Å². The summed E-state index contributed by atoms with van der Waals surface area (Å²) in [5.41, 5.74) is -2.17. The number of nitrogens with one attached hydrogen (secondary N) is 1. The number of amides is 1. The summed E-state index contributed by atoms with van der Waals surface area (Å²) in [5, 5.41) is 34.4. The number of allylic oxidation sites excluding steroid dienone is 4. The fraction of sp³-hybridized carbons (Fsp3) is 0.690. The average molecular weight is 546 g/mol. The van der Waals surface area contributed by atoms with Gasteiger partial charge in [0, 0.05) is 29.6 Å². The van der Waals surface area contributed by atoms with Crippen molar-refractivity contribution < 1.29 is 44.0 Å². The van der Waals surface area contributed by atoms with Crippen molar-refractivity contribution in [2.24, 2.45) is 34.5 Å². The van der Waals surface area contributed by atoms with Gasteiger partial charge in [0.25, 0.3) is 0 Å². The first-order valence-electron chi connectivity index (χ1n) is 13.8. The number of hydrogen-bond donors (Lipinski definition) is 4. The minimum atomic E-state index is -1.81. The SMILES string of the molecule is C[C@@H]1CC2C3CCC4=CC(=O)C=CC4(C)C3C(O)CC2(C)[C@@]1(O)C(=O)COC(=O)CNC(=O)CCCC(=O)O. The predicted octanol–water partition coefficient (Wildman–Crippen LogP) is 1.73. The fourth-order valence-corrected chi connectivity index (χ4v) is 8.22. The lowest BCUT2D eigenvalue weighted by Gasteiger charge is -2.59. The van der Waals surface area contributed by atoms with Crippen molar-refractivity contribution in [2.45, 2.75) is 77.4 Å². The van der Waals surface area contributed by atoms with E-state index in [2.05, 4.69) is 12.2 Å². The van der Waals surface area contributed by atoms with Crippen LogP contribution in [-0.4, -0.2) is 69.6 Å². The summed E-state index contributed by atoms with van der Waals surface area (Å²) in [6.07, 6.45) is 6.54. The molecule has 4 aliphatic carbocycles. The predicted molar refractivity (Wildman–Crippen MR) is 138 cm³/mol. The Morgan fingerprint density at radius 1 is 1.18 bits per heavy atom. The first-order chi connectivity index (χ1) is 18.2. The van der Waals surface area contributed by atoms with Crippen LogP contribution >= 0.6 is 0 Å². The molecule has 0 bridgehead atoms. The molecular formula is C29H39NO9. The van der Waals surface area contributed by atoms with Crippen molar-refractivity contribution in [1.29, 1.82) is 0 Å². The zero-order valence-electron chi connectivity index (χ0n) is 22.8. The summed E-state index contributed by atoms with van der Waals surface area (Å²) in [6.45, 7) is 4.60. The van der Waals surface area contributed by atoms with E-state index in [0.29, 0.717) is 12.8 Å². The number of esters is 1. The van der Waals surface area contributed by atoms with E-state index >= 15 is 0 Å². The van der Waals surface area contributed by atoms with Gasteiger partial charge in [-0.25, -0.2) is 0 Å². The molecule has 39 heavy (non-hydrogen) atoms. The maximum Gasteiger partial charge on any atom is 0.325 e. The number of ether oxygens (including phenoxy) is 1. The van der Waals surface area contributed by atoms with Gasteiger partial charge in [-0.3, -0.25) is 24.0 Å². The quantitative estimate of drug-likeness (QED) is 0.315. The number of carboxylic acids is 1. The zero-order valence-corrected chi connectivity index (χ0v) is 22.8. The van der Waals surface area contributed by atoms with Crippen molar-refractivity contribution >= 4 is 29.4 Å². The van der Waals surface area contributed by atoms with Crippen LogP contribution in [0.5, 0.6) is 0 Å². The number of hydrogen-bond acceptors (Lipinski definition) is 8. The molecule has 4 rings (SSSR count). The molecule has 214 valence electrons. The smallest absolute Gasteiger partial charge is 0.325 e. The Hall–Kier alpha value is -2.85. The number of aliphatic hydroxyl groups excluding tert-OH is 1. The number of ketones is 2. The molecule has 0 radical (unpaired) electrons. The second-order valence-electron chi connectivity index (χ2n) is 12.2. The average Bonchev–Trinajstić information content (AvgIpc) is 3.07. The van der Waals surface area contributed by atoms with Crippen molar-refractivity contribution in [1.82, 2.24) is 5.32 Å². The Balaban J connectivity index is 1.42. The van der Waals surface area contributed by atoms with Crippen LogP contribution < -0.4 is 5.32 Å². The summed E-state index contributed by atoms with van der Waals surface area (Å²) in [7, 11) is 0. The number of aliphatic carboxylic acids is 1. The van der Waals surface area contributed by atoms with Crippen molar-refractivity contribution in [2.75, 3.05) is 13.2 Å². The van der Waals surface area contributed by atoms with E-state index in [1.165, 1.54) is 0 Å². The number of carbonyl (C=O) groups excluding carboxylic acids is 4. The molecule has 0 aromatic heterocycles. The number of Topliss-reactive ketones (excluding diaryl/α,β-unsaturated/α-hetero) is 1. The van der Waals surface area contributed by atoms with E-state index in [9.17, 15) is 34.2 Å². The van der Waals surface area contributed by atoms with Crippen molar-refractivity contribution in [3.63, 3.8) is 0 Å². The van der Waals surface area contributed by atoms with E-state index in [1.54, 1.807) is 12.2 Å². The number of carbonyl (C=O) groups is 5. The number of carboxylic acid groups (broad SMARTS) is 1. The third-order valence-electron chi connectivity index (χ3n) is 10.1. The highest BCUT2D eigenvalue weighted by Gasteiger charge is 2.70. The molecule has 0 spiro atoms. The molecule has 3 fully saturated rings. The standard InChI is InChI=1S/C29H39NO9/c1-16-11-20-19-8-7-17-12-18(31)9-10-27(17,2)26(19)21(32)13-28(20,3)29(16,38)22(33)15-39-25(37)14-30-23(34)5-4-6-24(35)36/h9-10,12,16,19-21,26,32,38H,4-8,11,13-15H2,1-3H3,(H,30,34)(H,35,36)/t16-,19?,20?,21?,26?,27?,28?,29+/m1/s1. The first-order valence-corrected chi connectivity index (χ1v) is 13.8. The second kappa shape index (κ2) is 10.6. The first kappa shape index (κ1) is 29.1. The van der Waals surface area contributed by atoms with Crippen LogP contribution in [0.15, 0.2) is 23.8 Å². The topological polar surface area (TPSA) is 167 Å². The van der Waals surface area contributed by atoms with Gasteiger partial charge in [0.1, 0.15) is 12.1 Å². The number of aliphatic hydroxyl groups is 2. The fourth-order valence-electron chi connectivity index (χ4n) is 8.22. The molecule has 0 heterocycles. The maximum absolute atomic E-state index is 13.5. The minimum Gasteiger partial charge on any atom is -0.481 e.